The molecule has 2 amide bonds. The van der Waals surface area contributed by atoms with E-state index in [1.165, 1.54) is 0 Å². The minimum atomic E-state index is -0.176. The van der Waals surface area contributed by atoms with Gasteiger partial charge >= 0.3 is 0 Å². The monoisotopic (exact) mass is 382 g/mol. The van der Waals surface area contributed by atoms with E-state index in [1.54, 1.807) is 17.0 Å². The molecule has 1 aromatic carbocycles. The van der Waals surface area contributed by atoms with Crippen molar-refractivity contribution in [2.24, 2.45) is 5.92 Å². The first kappa shape index (κ1) is 17.9. The molecule has 0 radical (unpaired) electrons. The lowest BCUT2D eigenvalue weighted by Crippen LogP contribution is -2.46. The quantitative estimate of drug-likeness (QED) is 0.819. The second kappa shape index (κ2) is 8.45. The number of piperidine rings is 1. The summed E-state index contributed by atoms with van der Waals surface area (Å²) in [6.07, 6.45) is 2.04. The first-order valence-electron chi connectivity index (χ1n) is 8.01. The van der Waals surface area contributed by atoms with Gasteiger partial charge in [0.1, 0.15) is 0 Å². The summed E-state index contributed by atoms with van der Waals surface area (Å²) in [4.78, 5) is 26.4. The molecule has 1 atom stereocenters. The largest absolute Gasteiger partial charge is 0.394 e. The number of carbonyl (C=O) groups is 2. The summed E-state index contributed by atoms with van der Waals surface area (Å²) in [5.74, 6) is -0.0793. The number of nitrogens with zero attached hydrogens (tertiary/aromatic N) is 1. The van der Waals surface area contributed by atoms with Crippen molar-refractivity contribution in [3.05, 3.63) is 34.3 Å². The molecule has 1 aliphatic heterocycles. The molecular weight excluding hydrogens is 360 g/mol. The first-order chi connectivity index (χ1) is 11.0. The van der Waals surface area contributed by atoms with Crippen LogP contribution in [0.5, 0.6) is 0 Å². The van der Waals surface area contributed by atoms with E-state index in [0.29, 0.717) is 37.9 Å². The van der Waals surface area contributed by atoms with Crippen molar-refractivity contribution in [2.75, 3.05) is 19.7 Å². The number of carbonyl (C=O) groups excluding carboxylic acids is 2. The first-order valence-corrected chi connectivity index (χ1v) is 8.80. The van der Waals surface area contributed by atoms with E-state index in [9.17, 15) is 9.59 Å². The topological polar surface area (TPSA) is 69.6 Å². The Labute approximate surface area is 145 Å². The van der Waals surface area contributed by atoms with Crippen LogP contribution in [-0.4, -0.2) is 47.6 Å². The minimum absolute atomic E-state index is 0.0122. The lowest BCUT2D eigenvalue weighted by Gasteiger charge is -2.32. The van der Waals surface area contributed by atoms with Crippen LogP contribution in [-0.2, 0) is 4.79 Å². The molecule has 1 aromatic rings. The van der Waals surface area contributed by atoms with Crippen molar-refractivity contribution >= 4 is 27.7 Å². The Bertz CT molecular complexity index is 535. The molecule has 2 rings (SSSR count). The summed E-state index contributed by atoms with van der Waals surface area (Å²) in [5, 5.41) is 12.0. The molecule has 1 saturated heterocycles. The van der Waals surface area contributed by atoms with Gasteiger partial charge in [-0.25, -0.2) is 0 Å². The van der Waals surface area contributed by atoms with Gasteiger partial charge in [0.2, 0.25) is 5.91 Å². The van der Waals surface area contributed by atoms with E-state index in [0.717, 1.165) is 4.47 Å². The van der Waals surface area contributed by atoms with Crippen molar-refractivity contribution < 1.29 is 14.7 Å². The number of halogens is 1. The van der Waals surface area contributed by atoms with Crippen LogP contribution < -0.4 is 5.32 Å². The Balaban J connectivity index is 1.87. The summed E-state index contributed by atoms with van der Waals surface area (Å²) in [7, 11) is 0. The number of amides is 2. The van der Waals surface area contributed by atoms with Crippen molar-refractivity contribution in [2.45, 2.75) is 32.2 Å². The van der Waals surface area contributed by atoms with Crippen LogP contribution in [0.4, 0.5) is 0 Å². The predicted octanol–water partition coefficient (Wildman–Crippen LogP) is 2.19. The molecule has 0 aliphatic carbocycles. The van der Waals surface area contributed by atoms with E-state index in [2.05, 4.69) is 21.2 Å². The van der Waals surface area contributed by atoms with Crippen molar-refractivity contribution in [3.8, 4) is 0 Å². The number of rotatable bonds is 5. The molecule has 0 aromatic heterocycles. The van der Waals surface area contributed by atoms with Crippen LogP contribution in [0.15, 0.2) is 28.7 Å². The third-order valence-electron chi connectivity index (χ3n) is 4.30. The van der Waals surface area contributed by atoms with Gasteiger partial charge in [0.05, 0.1) is 12.6 Å². The summed E-state index contributed by atoms with van der Waals surface area (Å²) >= 11 is 3.36. The average molecular weight is 383 g/mol. The van der Waals surface area contributed by atoms with Crippen molar-refractivity contribution in [1.82, 2.24) is 10.2 Å². The van der Waals surface area contributed by atoms with Gasteiger partial charge in [-0.2, -0.15) is 0 Å². The van der Waals surface area contributed by atoms with Gasteiger partial charge in [0.15, 0.2) is 0 Å². The standard InChI is InChI=1S/C17H23BrN2O3/c1-2-15(11-21)19-16(22)12-7-9-20(10-8-12)17(23)13-3-5-14(18)6-4-13/h3-6,12,15,21H,2,7-11H2,1H3,(H,19,22)/t15-/m1/s1. The van der Waals surface area contributed by atoms with E-state index in [1.807, 2.05) is 19.1 Å². The molecule has 126 valence electrons. The van der Waals surface area contributed by atoms with E-state index < -0.39 is 0 Å². The smallest absolute Gasteiger partial charge is 0.253 e. The molecule has 0 bridgehead atoms. The number of nitrogens with one attached hydrogen (secondary N) is 1. The lowest BCUT2D eigenvalue weighted by molar-refractivity contribution is -0.127. The zero-order valence-corrected chi connectivity index (χ0v) is 14.9. The molecule has 1 heterocycles. The maximum Gasteiger partial charge on any atom is 0.253 e. The SMILES string of the molecule is CC[C@H](CO)NC(=O)C1CCN(C(=O)c2ccc(Br)cc2)CC1. The Hall–Kier alpha value is -1.40. The maximum atomic E-state index is 12.4. The highest BCUT2D eigenvalue weighted by Gasteiger charge is 2.28. The molecule has 0 unspecified atom stereocenters. The Kier molecular flexibility index (Phi) is 6.59. The molecule has 1 aliphatic rings. The molecule has 0 spiro atoms. The number of aliphatic hydroxyl groups excluding tert-OH is 1. The van der Waals surface area contributed by atoms with Crippen LogP contribution in [0, 0.1) is 5.92 Å². The predicted molar refractivity (Wildman–Crippen MR) is 92.1 cm³/mol. The summed E-state index contributed by atoms with van der Waals surface area (Å²) < 4.78 is 0.943. The normalized spacial score (nSPS) is 16.9. The fourth-order valence-corrected chi connectivity index (χ4v) is 2.98. The van der Waals surface area contributed by atoms with Gasteiger partial charge in [-0.05, 0) is 43.5 Å². The third-order valence-corrected chi connectivity index (χ3v) is 4.83. The van der Waals surface area contributed by atoms with Crippen LogP contribution in [0.2, 0.25) is 0 Å². The minimum Gasteiger partial charge on any atom is -0.394 e. The number of hydrogen-bond acceptors (Lipinski definition) is 3. The molecular formula is C17H23BrN2O3. The highest BCUT2D eigenvalue weighted by atomic mass is 79.9. The van der Waals surface area contributed by atoms with E-state index in [4.69, 9.17) is 5.11 Å². The molecule has 0 saturated carbocycles. The molecule has 2 N–H and O–H groups in total. The van der Waals surface area contributed by atoms with Crippen LogP contribution in [0.25, 0.3) is 0 Å². The number of benzene rings is 1. The summed E-state index contributed by atoms with van der Waals surface area (Å²) in [6, 6.07) is 7.14. The van der Waals surface area contributed by atoms with E-state index in [-0.39, 0.29) is 30.4 Å². The van der Waals surface area contributed by atoms with Gasteiger partial charge in [-0.15, -0.1) is 0 Å². The highest BCUT2D eigenvalue weighted by molar-refractivity contribution is 9.10. The van der Waals surface area contributed by atoms with Crippen molar-refractivity contribution in [3.63, 3.8) is 0 Å². The zero-order chi connectivity index (χ0) is 16.8. The molecule has 23 heavy (non-hydrogen) atoms. The van der Waals surface area contributed by atoms with Gasteiger partial charge in [0, 0.05) is 29.0 Å². The summed E-state index contributed by atoms with van der Waals surface area (Å²) in [6.45, 7) is 3.07. The molecule has 6 heteroatoms. The molecule has 5 nitrogen and oxygen atoms in total. The number of aliphatic hydroxyl groups is 1. The highest BCUT2D eigenvalue weighted by Crippen LogP contribution is 2.20. The van der Waals surface area contributed by atoms with Gasteiger partial charge in [-0.1, -0.05) is 22.9 Å². The zero-order valence-electron chi connectivity index (χ0n) is 13.3. The van der Waals surface area contributed by atoms with Crippen LogP contribution >= 0.6 is 15.9 Å². The van der Waals surface area contributed by atoms with Gasteiger partial charge in [-0.3, -0.25) is 9.59 Å². The molecule has 1 fully saturated rings. The van der Waals surface area contributed by atoms with Crippen LogP contribution in [0.1, 0.15) is 36.5 Å². The Morgan fingerprint density at radius 2 is 1.91 bits per heavy atom. The third kappa shape index (κ3) is 4.78. The number of hydrogen-bond donors (Lipinski definition) is 2. The van der Waals surface area contributed by atoms with Gasteiger partial charge < -0.3 is 15.3 Å². The second-order valence-electron chi connectivity index (χ2n) is 5.87. The average Bonchev–Trinajstić information content (AvgIpc) is 2.59. The fraction of sp³-hybridized carbons (Fsp3) is 0.529. The van der Waals surface area contributed by atoms with Crippen molar-refractivity contribution in [1.29, 1.82) is 0 Å². The Morgan fingerprint density at radius 3 is 2.43 bits per heavy atom. The summed E-state index contributed by atoms with van der Waals surface area (Å²) in [5.41, 5.74) is 0.669. The lowest BCUT2D eigenvalue weighted by atomic mass is 9.95. The number of likely N-dealkylation sites (tertiary alicyclic amines) is 1. The maximum absolute atomic E-state index is 12.4. The van der Waals surface area contributed by atoms with Crippen LogP contribution in [0.3, 0.4) is 0 Å². The van der Waals surface area contributed by atoms with Gasteiger partial charge in [0.25, 0.3) is 5.91 Å². The second-order valence-corrected chi connectivity index (χ2v) is 6.79. The Morgan fingerprint density at radius 1 is 1.30 bits per heavy atom. The fourth-order valence-electron chi connectivity index (χ4n) is 2.72. The van der Waals surface area contributed by atoms with E-state index >= 15 is 0 Å².